The van der Waals surface area contributed by atoms with Gasteiger partial charge in [0.25, 0.3) is 0 Å². The van der Waals surface area contributed by atoms with E-state index in [0.717, 1.165) is 32.0 Å². The number of alkyl halides is 1. The molecule has 0 aliphatic carbocycles. The van der Waals surface area contributed by atoms with Crippen molar-refractivity contribution in [2.45, 2.75) is 19.5 Å². The summed E-state index contributed by atoms with van der Waals surface area (Å²) in [6.07, 6.45) is 2.37. The number of aromatic nitrogens is 3. The molecule has 0 unspecified atom stereocenters. The Balaban J connectivity index is 1.93. The average Bonchev–Trinajstić information content (AvgIpc) is 2.61. The molecule has 1 aromatic rings. The summed E-state index contributed by atoms with van der Waals surface area (Å²) in [6.45, 7) is 3.30. The van der Waals surface area contributed by atoms with E-state index in [1.807, 2.05) is 4.57 Å². The number of halogens is 1. The van der Waals surface area contributed by atoms with Crippen LogP contribution in [0.3, 0.4) is 0 Å². The summed E-state index contributed by atoms with van der Waals surface area (Å²) < 4.78 is 14.0. The Kier molecular flexibility index (Phi) is 2.54. The molecular weight excluding hydrogens is 171 g/mol. The van der Waals surface area contributed by atoms with Gasteiger partial charge >= 0.3 is 0 Å². The van der Waals surface area contributed by atoms with E-state index in [2.05, 4.69) is 15.1 Å². The number of hydrogen-bond acceptors (Lipinski definition) is 3. The SMILES string of the molecule is FCCCN1CCn2cnnc2C1. The third kappa shape index (κ3) is 1.85. The standard InChI is InChI=1S/C8H13FN4/c9-2-1-3-12-4-5-13-7-10-11-8(13)6-12/h7H,1-6H2. The van der Waals surface area contributed by atoms with Crippen LogP contribution in [-0.4, -0.2) is 39.4 Å². The zero-order valence-corrected chi connectivity index (χ0v) is 7.49. The molecule has 5 heteroatoms. The zero-order chi connectivity index (χ0) is 9.10. The maximum absolute atomic E-state index is 11.9. The molecule has 0 amide bonds. The average molecular weight is 184 g/mol. The summed E-state index contributed by atoms with van der Waals surface area (Å²) in [5, 5.41) is 7.82. The summed E-state index contributed by atoms with van der Waals surface area (Å²) in [5.74, 6) is 0.991. The van der Waals surface area contributed by atoms with Crippen LogP contribution in [0.25, 0.3) is 0 Å². The highest BCUT2D eigenvalue weighted by Gasteiger charge is 2.16. The Morgan fingerprint density at radius 3 is 3.23 bits per heavy atom. The molecule has 0 aromatic carbocycles. The van der Waals surface area contributed by atoms with E-state index >= 15 is 0 Å². The van der Waals surface area contributed by atoms with Crippen LogP contribution >= 0.6 is 0 Å². The largest absolute Gasteiger partial charge is 0.315 e. The van der Waals surface area contributed by atoms with E-state index < -0.39 is 0 Å². The predicted octanol–water partition coefficient (Wildman–Crippen LogP) is 0.453. The molecule has 1 aromatic heterocycles. The van der Waals surface area contributed by atoms with Gasteiger partial charge in [-0.25, -0.2) is 0 Å². The van der Waals surface area contributed by atoms with Crippen molar-refractivity contribution in [2.24, 2.45) is 0 Å². The Bertz CT molecular complexity index is 273. The summed E-state index contributed by atoms with van der Waals surface area (Å²) in [7, 11) is 0. The van der Waals surface area contributed by atoms with Crippen molar-refractivity contribution >= 4 is 0 Å². The first-order valence-corrected chi connectivity index (χ1v) is 4.55. The predicted molar refractivity (Wildman–Crippen MR) is 45.9 cm³/mol. The van der Waals surface area contributed by atoms with Crippen LogP contribution in [0.15, 0.2) is 6.33 Å². The lowest BCUT2D eigenvalue weighted by atomic mass is 10.3. The molecule has 0 saturated heterocycles. The Morgan fingerprint density at radius 2 is 2.38 bits per heavy atom. The van der Waals surface area contributed by atoms with Gasteiger partial charge in [-0.05, 0) is 6.42 Å². The molecule has 0 spiro atoms. The molecule has 0 fully saturated rings. The smallest absolute Gasteiger partial charge is 0.147 e. The summed E-state index contributed by atoms with van der Waals surface area (Å²) in [5.41, 5.74) is 0. The highest BCUT2D eigenvalue weighted by molar-refractivity contribution is 4.89. The number of nitrogens with zero attached hydrogens (tertiary/aromatic N) is 4. The number of fused-ring (bicyclic) bond motifs is 1. The van der Waals surface area contributed by atoms with Crippen LogP contribution in [0.2, 0.25) is 0 Å². The third-order valence-corrected chi connectivity index (χ3v) is 2.33. The van der Waals surface area contributed by atoms with Crippen molar-refractivity contribution in [3.8, 4) is 0 Å². The lowest BCUT2D eigenvalue weighted by Gasteiger charge is -2.26. The molecule has 72 valence electrons. The van der Waals surface area contributed by atoms with Crippen LogP contribution in [0.5, 0.6) is 0 Å². The minimum Gasteiger partial charge on any atom is -0.315 e. The first-order valence-electron chi connectivity index (χ1n) is 4.55. The minimum atomic E-state index is -0.233. The maximum atomic E-state index is 11.9. The van der Waals surface area contributed by atoms with E-state index in [4.69, 9.17) is 0 Å². The van der Waals surface area contributed by atoms with Crippen molar-refractivity contribution in [3.05, 3.63) is 12.2 Å². The second-order valence-corrected chi connectivity index (χ2v) is 3.26. The monoisotopic (exact) mass is 184 g/mol. The zero-order valence-electron chi connectivity index (χ0n) is 7.49. The first kappa shape index (κ1) is 8.62. The van der Waals surface area contributed by atoms with Crippen molar-refractivity contribution < 1.29 is 4.39 Å². The van der Waals surface area contributed by atoms with E-state index in [0.29, 0.717) is 6.42 Å². The Hall–Kier alpha value is -0.970. The normalized spacial score (nSPS) is 17.3. The highest BCUT2D eigenvalue weighted by Crippen LogP contribution is 2.08. The molecule has 0 N–H and O–H groups in total. The fourth-order valence-corrected chi connectivity index (χ4v) is 1.59. The Morgan fingerprint density at radius 1 is 1.46 bits per heavy atom. The van der Waals surface area contributed by atoms with Crippen molar-refractivity contribution in [2.75, 3.05) is 19.8 Å². The minimum absolute atomic E-state index is 0.233. The van der Waals surface area contributed by atoms with Crippen LogP contribution in [0.4, 0.5) is 4.39 Å². The number of rotatable bonds is 3. The van der Waals surface area contributed by atoms with Gasteiger partial charge in [0.05, 0.1) is 13.2 Å². The van der Waals surface area contributed by atoms with Gasteiger partial charge in [0, 0.05) is 19.6 Å². The van der Waals surface area contributed by atoms with E-state index in [-0.39, 0.29) is 6.67 Å². The van der Waals surface area contributed by atoms with Gasteiger partial charge in [-0.2, -0.15) is 0 Å². The van der Waals surface area contributed by atoms with E-state index in [1.165, 1.54) is 0 Å². The van der Waals surface area contributed by atoms with Crippen LogP contribution in [0.1, 0.15) is 12.2 Å². The second-order valence-electron chi connectivity index (χ2n) is 3.26. The molecule has 0 radical (unpaired) electrons. The van der Waals surface area contributed by atoms with Gasteiger partial charge in [0.15, 0.2) is 0 Å². The molecular formula is C8H13FN4. The molecule has 4 nitrogen and oxygen atoms in total. The molecule has 1 aliphatic rings. The van der Waals surface area contributed by atoms with Gasteiger partial charge in [-0.15, -0.1) is 10.2 Å². The van der Waals surface area contributed by atoms with Crippen molar-refractivity contribution in [1.29, 1.82) is 0 Å². The lowest BCUT2D eigenvalue weighted by Crippen LogP contribution is -2.34. The lowest BCUT2D eigenvalue weighted by molar-refractivity contribution is 0.208. The third-order valence-electron chi connectivity index (χ3n) is 2.33. The van der Waals surface area contributed by atoms with E-state index in [1.54, 1.807) is 6.33 Å². The van der Waals surface area contributed by atoms with E-state index in [9.17, 15) is 4.39 Å². The number of hydrogen-bond donors (Lipinski definition) is 0. The fraction of sp³-hybridized carbons (Fsp3) is 0.750. The highest BCUT2D eigenvalue weighted by atomic mass is 19.1. The topological polar surface area (TPSA) is 34.0 Å². The van der Waals surface area contributed by atoms with Crippen molar-refractivity contribution in [3.63, 3.8) is 0 Å². The molecule has 1 aliphatic heterocycles. The van der Waals surface area contributed by atoms with Gasteiger partial charge < -0.3 is 4.57 Å². The quantitative estimate of drug-likeness (QED) is 0.684. The van der Waals surface area contributed by atoms with Gasteiger partial charge in [0.2, 0.25) is 0 Å². The molecule has 2 rings (SSSR count). The van der Waals surface area contributed by atoms with Gasteiger partial charge in [-0.1, -0.05) is 0 Å². The summed E-state index contributed by atoms with van der Waals surface area (Å²) >= 11 is 0. The molecule has 2 heterocycles. The van der Waals surface area contributed by atoms with Crippen LogP contribution in [0, 0.1) is 0 Å². The van der Waals surface area contributed by atoms with Crippen LogP contribution in [-0.2, 0) is 13.1 Å². The Labute approximate surface area is 76.4 Å². The van der Waals surface area contributed by atoms with Gasteiger partial charge in [0.1, 0.15) is 12.2 Å². The molecule has 13 heavy (non-hydrogen) atoms. The van der Waals surface area contributed by atoms with Crippen LogP contribution < -0.4 is 0 Å². The fourth-order valence-electron chi connectivity index (χ4n) is 1.59. The molecule has 0 atom stereocenters. The summed E-state index contributed by atoms with van der Waals surface area (Å²) in [4.78, 5) is 2.21. The first-order chi connectivity index (χ1) is 6.40. The van der Waals surface area contributed by atoms with Crippen molar-refractivity contribution in [1.82, 2.24) is 19.7 Å². The molecule has 0 saturated carbocycles. The second kappa shape index (κ2) is 3.83. The maximum Gasteiger partial charge on any atom is 0.147 e. The molecule has 0 bridgehead atoms. The summed E-state index contributed by atoms with van der Waals surface area (Å²) in [6, 6.07) is 0. The van der Waals surface area contributed by atoms with Gasteiger partial charge in [-0.3, -0.25) is 9.29 Å².